The molecular weight excluding hydrogens is 268 g/mol. The van der Waals surface area contributed by atoms with Crippen LogP contribution in [0.5, 0.6) is 0 Å². The number of non-ortho nitro benzene ring substituents is 1. The summed E-state index contributed by atoms with van der Waals surface area (Å²) in [7, 11) is 0. The summed E-state index contributed by atoms with van der Waals surface area (Å²) in [5, 5.41) is 13.3. The van der Waals surface area contributed by atoms with E-state index in [-0.39, 0.29) is 11.6 Å². The second kappa shape index (κ2) is 6.47. The van der Waals surface area contributed by atoms with Gasteiger partial charge in [0.15, 0.2) is 0 Å². The SMILES string of the molecule is Cc1cccc(NC(=O)/C=C/c2ccc([N+](=O)[O-])cc2)c1. The highest BCUT2D eigenvalue weighted by Crippen LogP contribution is 2.13. The summed E-state index contributed by atoms with van der Waals surface area (Å²) in [5.74, 6) is -0.251. The Morgan fingerprint density at radius 2 is 1.90 bits per heavy atom. The normalized spacial score (nSPS) is 10.5. The molecule has 0 aliphatic carbocycles. The summed E-state index contributed by atoms with van der Waals surface area (Å²) in [6.45, 7) is 1.95. The zero-order valence-electron chi connectivity index (χ0n) is 11.4. The Bertz CT molecular complexity index is 691. The molecule has 5 nitrogen and oxygen atoms in total. The van der Waals surface area contributed by atoms with Gasteiger partial charge in [0.2, 0.25) is 5.91 Å². The lowest BCUT2D eigenvalue weighted by atomic mass is 10.2. The topological polar surface area (TPSA) is 72.2 Å². The van der Waals surface area contributed by atoms with Crippen LogP contribution in [0.25, 0.3) is 6.08 Å². The molecule has 2 rings (SSSR count). The van der Waals surface area contributed by atoms with E-state index >= 15 is 0 Å². The fraction of sp³-hybridized carbons (Fsp3) is 0.0625. The summed E-state index contributed by atoms with van der Waals surface area (Å²) in [4.78, 5) is 21.8. The minimum atomic E-state index is -0.460. The molecule has 21 heavy (non-hydrogen) atoms. The molecule has 0 aliphatic heterocycles. The van der Waals surface area contributed by atoms with Crippen molar-refractivity contribution in [3.8, 4) is 0 Å². The van der Waals surface area contributed by atoms with E-state index in [1.54, 1.807) is 18.2 Å². The van der Waals surface area contributed by atoms with E-state index < -0.39 is 4.92 Å². The Labute approximate surface area is 122 Å². The first-order chi connectivity index (χ1) is 10.0. The Balaban J connectivity index is 2.00. The van der Waals surface area contributed by atoms with Gasteiger partial charge in [0.1, 0.15) is 0 Å². The molecule has 2 aromatic rings. The minimum absolute atomic E-state index is 0.0244. The second-order valence-electron chi connectivity index (χ2n) is 4.54. The first-order valence-corrected chi connectivity index (χ1v) is 6.35. The molecule has 0 bridgehead atoms. The molecule has 1 amide bonds. The quantitative estimate of drug-likeness (QED) is 0.529. The van der Waals surface area contributed by atoms with Crippen molar-refractivity contribution in [3.05, 3.63) is 75.8 Å². The van der Waals surface area contributed by atoms with Gasteiger partial charge in [-0.1, -0.05) is 12.1 Å². The fourth-order valence-corrected chi connectivity index (χ4v) is 1.79. The largest absolute Gasteiger partial charge is 0.323 e. The van der Waals surface area contributed by atoms with Crippen LogP contribution in [0.15, 0.2) is 54.6 Å². The number of nitro benzene ring substituents is 1. The molecule has 0 fully saturated rings. The van der Waals surface area contributed by atoms with Crippen LogP contribution in [-0.2, 0) is 4.79 Å². The Hall–Kier alpha value is -2.95. The van der Waals surface area contributed by atoms with Crippen molar-refractivity contribution in [2.24, 2.45) is 0 Å². The number of nitrogens with zero attached hydrogens (tertiary/aromatic N) is 1. The maximum atomic E-state index is 11.8. The van der Waals surface area contributed by atoms with Crippen LogP contribution >= 0.6 is 0 Å². The number of hydrogen-bond acceptors (Lipinski definition) is 3. The third-order valence-electron chi connectivity index (χ3n) is 2.82. The number of carbonyl (C=O) groups excluding carboxylic acids is 1. The van der Waals surface area contributed by atoms with Gasteiger partial charge < -0.3 is 5.32 Å². The van der Waals surface area contributed by atoms with E-state index in [9.17, 15) is 14.9 Å². The monoisotopic (exact) mass is 282 g/mol. The van der Waals surface area contributed by atoms with Gasteiger partial charge in [0.05, 0.1) is 4.92 Å². The highest BCUT2D eigenvalue weighted by atomic mass is 16.6. The molecule has 0 aromatic heterocycles. The molecule has 0 aliphatic rings. The van der Waals surface area contributed by atoms with E-state index in [0.29, 0.717) is 0 Å². The van der Waals surface area contributed by atoms with Crippen molar-refractivity contribution in [1.82, 2.24) is 0 Å². The molecule has 5 heteroatoms. The van der Waals surface area contributed by atoms with Gasteiger partial charge in [-0.3, -0.25) is 14.9 Å². The predicted octanol–water partition coefficient (Wildman–Crippen LogP) is 3.56. The average molecular weight is 282 g/mol. The first-order valence-electron chi connectivity index (χ1n) is 6.35. The number of nitro groups is 1. The van der Waals surface area contributed by atoms with Crippen LogP contribution in [0.2, 0.25) is 0 Å². The lowest BCUT2D eigenvalue weighted by Crippen LogP contribution is -2.07. The fourth-order valence-electron chi connectivity index (χ4n) is 1.79. The molecule has 0 radical (unpaired) electrons. The first kappa shape index (κ1) is 14.5. The van der Waals surface area contributed by atoms with E-state index in [1.165, 1.54) is 18.2 Å². The van der Waals surface area contributed by atoms with Crippen LogP contribution < -0.4 is 5.32 Å². The van der Waals surface area contributed by atoms with Crippen LogP contribution in [0, 0.1) is 17.0 Å². The molecular formula is C16H14N2O3. The van der Waals surface area contributed by atoms with Gasteiger partial charge in [-0.05, 0) is 48.4 Å². The zero-order valence-corrected chi connectivity index (χ0v) is 11.4. The van der Waals surface area contributed by atoms with Gasteiger partial charge >= 0.3 is 0 Å². The number of anilines is 1. The molecule has 0 unspecified atom stereocenters. The van der Waals surface area contributed by atoms with Crippen LogP contribution in [0.1, 0.15) is 11.1 Å². The van der Waals surface area contributed by atoms with E-state index in [1.807, 2.05) is 31.2 Å². The van der Waals surface area contributed by atoms with Gasteiger partial charge in [0.25, 0.3) is 5.69 Å². The van der Waals surface area contributed by atoms with Crippen molar-refractivity contribution in [3.63, 3.8) is 0 Å². The smallest absolute Gasteiger partial charge is 0.269 e. The Morgan fingerprint density at radius 3 is 2.52 bits per heavy atom. The molecule has 0 heterocycles. The van der Waals surface area contributed by atoms with Crippen molar-refractivity contribution >= 4 is 23.4 Å². The number of nitrogens with one attached hydrogen (secondary N) is 1. The maximum Gasteiger partial charge on any atom is 0.269 e. The summed E-state index contributed by atoms with van der Waals surface area (Å²) < 4.78 is 0. The van der Waals surface area contributed by atoms with Crippen LogP contribution in [0.4, 0.5) is 11.4 Å². The lowest BCUT2D eigenvalue weighted by molar-refractivity contribution is -0.384. The number of carbonyl (C=O) groups is 1. The van der Waals surface area contributed by atoms with Gasteiger partial charge in [-0.25, -0.2) is 0 Å². The highest BCUT2D eigenvalue weighted by Gasteiger charge is 2.03. The minimum Gasteiger partial charge on any atom is -0.323 e. The summed E-state index contributed by atoms with van der Waals surface area (Å²) >= 11 is 0. The third-order valence-corrected chi connectivity index (χ3v) is 2.82. The summed E-state index contributed by atoms with van der Waals surface area (Å²) in [6.07, 6.45) is 3.00. The van der Waals surface area contributed by atoms with Crippen LogP contribution in [0.3, 0.4) is 0 Å². The van der Waals surface area contributed by atoms with Crippen molar-refractivity contribution in [2.45, 2.75) is 6.92 Å². The number of benzene rings is 2. The number of amides is 1. The average Bonchev–Trinajstić information content (AvgIpc) is 2.45. The standard InChI is InChI=1S/C16H14N2O3/c1-12-3-2-4-14(11-12)17-16(19)10-7-13-5-8-15(9-6-13)18(20)21/h2-11H,1H3,(H,17,19)/b10-7+. The third kappa shape index (κ3) is 4.28. The van der Waals surface area contributed by atoms with Gasteiger partial charge in [-0.15, -0.1) is 0 Å². The highest BCUT2D eigenvalue weighted by molar-refractivity contribution is 6.01. The second-order valence-corrected chi connectivity index (χ2v) is 4.54. The number of aryl methyl sites for hydroxylation is 1. The molecule has 0 spiro atoms. The van der Waals surface area contributed by atoms with Crippen molar-refractivity contribution in [2.75, 3.05) is 5.32 Å². The summed E-state index contributed by atoms with van der Waals surface area (Å²) in [5.41, 5.74) is 2.54. The molecule has 1 N–H and O–H groups in total. The maximum absolute atomic E-state index is 11.8. The lowest BCUT2D eigenvalue weighted by Gasteiger charge is -2.02. The van der Waals surface area contributed by atoms with Gasteiger partial charge in [0, 0.05) is 23.9 Å². The molecule has 2 aromatic carbocycles. The molecule has 106 valence electrons. The number of rotatable bonds is 4. The number of hydrogen-bond donors (Lipinski definition) is 1. The van der Waals surface area contributed by atoms with Crippen molar-refractivity contribution in [1.29, 1.82) is 0 Å². The molecule has 0 saturated carbocycles. The van der Waals surface area contributed by atoms with E-state index in [4.69, 9.17) is 0 Å². The zero-order chi connectivity index (χ0) is 15.2. The Morgan fingerprint density at radius 1 is 1.19 bits per heavy atom. The summed E-state index contributed by atoms with van der Waals surface area (Å²) in [6, 6.07) is 13.5. The van der Waals surface area contributed by atoms with Crippen molar-refractivity contribution < 1.29 is 9.72 Å². The van der Waals surface area contributed by atoms with Gasteiger partial charge in [-0.2, -0.15) is 0 Å². The predicted molar refractivity (Wildman–Crippen MR) is 81.9 cm³/mol. The molecule has 0 saturated heterocycles. The van der Waals surface area contributed by atoms with Crippen LogP contribution in [-0.4, -0.2) is 10.8 Å². The Kier molecular flexibility index (Phi) is 4.46. The van der Waals surface area contributed by atoms with E-state index in [2.05, 4.69) is 5.32 Å². The molecule has 0 atom stereocenters. The van der Waals surface area contributed by atoms with E-state index in [0.717, 1.165) is 16.8 Å².